The zero-order chi connectivity index (χ0) is 25.2. The quantitative estimate of drug-likeness (QED) is 0.226. The molecule has 1 aromatic rings. The third-order valence-corrected chi connectivity index (χ3v) is 7.06. The summed E-state index contributed by atoms with van der Waals surface area (Å²) < 4.78 is 11.3. The van der Waals surface area contributed by atoms with Crippen LogP contribution in [-0.2, 0) is 4.74 Å². The van der Waals surface area contributed by atoms with Gasteiger partial charge in [0.05, 0.1) is 19.3 Å². The molecule has 2 aliphatic heterocycles. The number of amides is 1. The summed E-state index contributed by atoms with van der Waals surface area (Å²) in [6.45, 7) is 9.68. The highest BCUT2D eigenvalue weighted by Gasteiger charge is 2.25. The van der Waals surface area contributed by atoms with Crippen LogP contribution in [0, 0.1) is 24.2 Å². The van der Waals surface area contributed by atoms with E-state index in [2.05, 4.69) is 17.2 Å². The molecule has 0 aliphatic carbocycles. The van der Waals surface area contributed by atoms with Crippen molar-refractivity contribution in [3.05, 3.63) is 29.3 Å². The first-order valence-corrected chi connectivity index (χ1v) is 13.1. The van der Waals surface area contributed by atoms with Gasteiger partial charge < -0.3 is 19.9 Å². The Morgan fingerprint density at radius 2 is 2.11 bits per heavy atom. The molecule has 3 rings (SSSR count). The first kappa shape index (κ1) is 27.0. The van der Waals surface area contributed by atoms with Crippen LogP contribution in [0.2, 0.25) is 0 Å². The van der Waals surface area contributed by atoms with E-state index in [-0.39, 0.29) is 23.9 Å². The largest absolute Gasteiger partial charge is 0.565 e. The summed E-state index contributed by atoms with van der Waals surface area (Å²) in [4.78, 5) is 18.7. The van der Waals surface area contributed by atoms with Gasteiger partial charge in [-0.3, -0.25) is 15.1 Å². The molecule has 4 N–H and O–H groups in total. The van der Waals surface area contributed by atoms with Gasteiger partial charge in [-0.25, -0.2) is 0 Å². The van der Waals surface area contributed by atoms with Crippen molar-refractivity contribution in [3.8, 4) is 5.75 Å². The van der Waals surface area contributed by atoms with E-state index in [1.54, 1.807) is 0 Å². The maximum Gasteiger partial charge on any atom is 0.444 e. The highest BCUT2D eigenvalue weighted by molar-refractivity contribution is 5.96. The fraction of sp³-hybridized carbons (Fsp3) is 0.667. The summed E-state index contributed by atoms with van der Waals surface area (Å²) in [6, 6.07) is 6.00. The summed E-state index contributed by atoms with van der Waals surface area (Å²) in [5.74, 6) is 1.82. The lowest BCUT2D eigenvalue weighted by Gasteiger charge is -2.29. The summed E-state index contributed by atoms with van der Waals surface area (Å²) >= 11 is 0. The Morgan fingerprint density at radius 3 is 2.77 bits per heavy atom. The van der Waals surface area contributed by atoms with Gasteiger partial charge in [0.2, 0.25) is 0 Å². The third kappa shape index (κ3) is 8.23. The molecule has 0 radical (unpaired) electrons. The molecule has 1 amide bonds. The van der Waals surface area contributed by atoms with Crippen LogP contribution >= 0.6 is 0 Å². The van der Waals surface area contributed by atoms with Gasteiger partial charge in [0.25, 0.3) is 5.91 Å². The van der Waals surface area contributed by atoms with E-state index < -0.39 is 0 Å². The van der Waals surface area contributed by atoms with Gasteiger partial charge in [-0.1, -0.05) is 20.3 Å². The maximum atomic E-state index is 12.5. The number of aliphatic imine (C=N–C) groups is 1. The summed E-state index contributed by atoms with van der Waals surface area (Å²) in [6.07, 6.45) is 7.01. The smallest absolute Gasteiger partial charge is 0.444 e. The molecule has 0 saturated carbocycles. The molecule has 0 spiro atoms. The van der Waals surface area contributed by atoms with Crippen molar-refractivity contribution in [2.24, 2.45) is 16.8 Å². The molecule has 1 aromatic carbocycles. The highest BCUT2D eigenvalue weighted by atomic mass is 16.5. The SMILES string of the molecule is CCCC(C)C(=N)N=C([OH2+])N1CCC(CCCOc2ccc(C(=O)NC3CCOC3)c(C)c2)CC1. The minimum Gasteiger partial charge on any atom is -0.565 e. The Morgan fingerprint density at radius 1 is 1.34 bits per heavy atom. The average Bonchev–Trinajstić information content (AvgIpc) is 3.35. The number of piperidine rings is 1. The molecule has 2 fully saturated rings. The minimum atomic E-state index is -0.0518. The van der Waals surface area contributed by atoms with E-state index in [1.165, 1.54) is 0 Å². The monoisotopic (exact) mass is 487 g/mol. The predicted octanol–water partition coefficient (Wildman–Crippen LogP) is 3.88. The number of nitrogens with zero attached hydrogens (tertiary/aromatic N) is 2. The van der Waals surface area contributed by atoms with Crippen LogP contribution in [0.3, 0.4) is 0 Å². The zero-order valence-electron chi connectivity index (χ0n) is 21.6. The molecule has 2 atom stereocenters. The average molecular weight is 488 g/mol. The lowest BCUT2D eigenvalue weighted by Crippen LogP contribution is -2.39. The number of hydrogen-bond donors (Lipinski definition) is 2. The van der Waals surface area contributed by atoms with Crippen LogP contribution in [0.5, 0.6) is 5.75 Å². The van der Waals surface area contributed by atoms with Crippen molar-refractivity contribution in [2.75, 3.05) is 32.9 Å². The Bertz CT molecular complexity index is 874. The van der Waals surface area contributed by atoms with E-state index in [1.807, 2.05) is 36.9 Å². The highest BCUT2D eigenvalue weighted by Crippen LogP contribution is 2.23. The number of carbonyl (C=O) groups is 1. The summed E-state index contributed by atoms with van der Waals surface area (Å²) in [7, 11) is 0. The lowest BCUT2D eigenvalue weighted by atomic mass is 9.92. The normalized spacial score (nSPS) is 20.0. The number of carbonyl (C=O) groups excluding carboxylic acids is 1. The van der Waals surface area contributed by atoms with Crippen molar-refractivity contribution in [2.45, 2.75) is 71.8 Å². The second-order valence-corrected chi connectivity index (χ2v) is 9.94. The van der Waals surface area contributed by atoms with E-state index >= 15 is 0 Å². The molecular formula is C27H43N4O4+. The van der Waals surface area contributed by atoms with E-state index in [9.17, 15) is 4.79 Å². The van der Waals surface area contributed by atoms with Crippen molar-refractivity contribution in [1.82, 2.24) is 10.2 Å². The van der Waals surface area contributed by atoms with Crippen LogP contribution in [0.1, 0.15) is 74.7 Å². The number of benzene rings is 1. The minimum absolute atomic E-state index is 0.0518. The van der Waals surface area contributed by atoms with E-state index in [4.69, 9.17) is 20.0 Å². The fourth-order valence-corrected chi connectivity index (χ4v) is 4.75. The molecule has 2 saturated heterocycles. The first-order valence-electron chi connectivity index (χ1n) is 13.1. The zero-order valence-corrected chi connectivity index (χ0v) is 21.6. The molecule has 8 heteroatoms. The molecule has 0 aromatic heterocycles. The number of hydrogen-bond acceptors (Lipinski definition) is 4. The Labute approximate surface area is 209 Å². The van der Waals surface area contributed by atoms with Crippen LogP contribution in [-0.4, -0.2) is 66.7 Å². The van der Waals surface area contributed by atoms with Crippen molar-refractivity contribution in [3.63, 3.8) is 0 Å². The van der Waals surface area contributed by atoms with Gasteiger partial charge >= 0.3 is 6.02 Å². The third-order valence-electron chi connectivity index (χ3n) is 7.06. The van der Waals surface area contributed by atoms with Crippen LogP contribution in [0.4, 0.5) is 0 Å². The maximum absolute atomic E-state index is 12.5. The molecule has 2 aliphatic rings. The van der Waals surface area contributed by atoms with Gasteiger partial charge in [-0.15, -0.1) is 4.99 Å². The fourth-order valence-electron chi connectivity index (χ4n) is 4.75. The molecule has 194 valence electrons. The molecular weight excluding hydrogens is 444 g/mol. The van der Waals surface area contributed by atoms with Gasteiger partial charge in [0, 0.05) is 31.2 Å². The number of nitrogens with one attached hydrogen (secondary N) is 2. The Hall–Kier alpha value is -2.61. The summed E-state index contributed by atoms with van der Waals surface area (Å²) in [5, 5.41) is 19.4. The number of likely N-dealkylation sites (tertiary alicyclic amines) is 1. The number of ether oxygens (including phenoxy) is 2. The van der Waals surface area contributed by atoms with E-state index in [0.29, 0.717) is 37.1 Å². The van der Waals surface area contributed by atoms with Gasteiger partial charge in [-0.2, -0.15) is 0 Å². The van der Waals surface area contributed by atoms with E-state index in [0.717, 1.165) is 69.3 Å². The molecule has 35 heavy (non-hydrogen) atoms. The number of rotatable bonds is 10. The van der Waals surface area contributed by atoms with Crippen LogP contribution in [0.15, 0.2) is 23.2 Å². The number of amidine groups is 2. The van der Waals surface area contributed by atoms with Crippen LogP contribution in [0.25, 0.3) is 0 Å². The van der Waals surface area contributed by atoms with Gasteiger partial charge in [0.1, 0.15) is 11.6 Å². The molecule has 0 bridgehead atoms. The molecule has 2 heterocycles. The Balaban J connectivity index is 1.35. The van der Waals surface area contributed by atoms with Gasteiger partial charge in [-0.05, 0) is 75.1 Å². The number of aryl methyl sites for hydroxylation is 1. The first-order chi connectivity index (χ1) is 16.9. The topological polar surface area (TPSA) is 110 Å². The molecule has 2 unspecified atom stereocenters. The van der Waals surface area contributed by atoms with Crippen LogP contribution < -0.4 is 10.1 Å². The van der Waals surface area contributed by atoms with Gasteiger partial charge in [0.15, 0.2) is 0 Å². The standard InChI is InChI=1S/C27H42N4O4/c1-4-6-19(2)25(28)30-27(33)31-13-10-21(11-14-31)7-5-15-35-23-8-9-24(20(3)17-23)26(32)29-22-12-16-34-18-22/h8-9,17,19,21-22H,4-7,10-16,18H2,1-3H3,(H,29,32)(H2,28,30,33)/p+1. The van der Waals surface area contributed by atoms with Crippen molar-refractivity contribution in [1.29, 1.82) is 5.41 Å². The molecule has 8 nitrogen and oxygen atoms in total. The second-order valence-electron chi connectivity index (χ2n) is 9.94. The summed E-state index contributed by atoms with van der Waals surface area (Å²) in [5.41, 5.74) is 1.60. The lowest BCUT2D eigenvalue weighted by molar-refractivity contribution is 0.0929. The van der Waals surface area contributed by atoms with Crippen molar-refractivity contribution >= 4 is 17.8 Å². The second kappa shape index (κ2) is 13.5. The Kier molecular flexibility index (Phi) is 10.4. The predicted molar refractivity (Wildman–Crippen MR) is 140 cm³/mol. The van der Waals surface area contributed by atoms with Crippen molar-refractivity contribution < 1.29 is 19.4 Å².